The number of ether oxygens (including phenoxy) is 1. The molecule has 130 valence electrons. The van der Waals surface area contributed by atoms with E-state index in [2.05, 4.69) is 4.90 Å². The quantitative estimate of drug-likeness (QED) is 0.807. The molecule has 0 bridgehead atoms. The summed E-state index contributed by atoms with van der Waals surface area (Å²) in [5.74, 6) is 0.914. The minimum atomic E-state index is -3.40. The van der Waals surface area contributed by atoms with Gasteiger partial charge in [-0.3, -0.25) is 4.90 Å². The van der Waals surface area contributed by atoms with Crippen LogP contribution in [0.3, 0.4) is 0 Å². The molecule has 1 aromatic rings. The summed E-state index contributed by atoms with van der Waals surface area (Å²) in [5.41, 5.74) is 0. The molecule has 3 heterocycles. The van der Waals surface area contributed by atoms with E-state index in [4.69, 9.17) is 9.15 Å². The van der Waals surface area contributed by atoms with Crippen molar-refractivity contribution in [3.8, 4) is 0 Å². The lowest BCUT2D eigenvalue weighted by molar-refractivity contribution is -0.0457. The molecule has 0 aliphatic carbocycles. The second-order valence-corrected chi connectivity index (χ2v) is 8.27. The van der Waals surface area contributed by atoms with Gasteiger partial charge in [-0.05, 0) is 26.0 Å². The monoisotopic (exact) mass is 343 g/mol. The van der Waals surface area contributed by atoms with Gasteiger partial charge in [0, 0.05) is 39.3 Å². The first kappa shape index (κ1) is 16.9. The number of morpholine rings is 1. The maximum Gasteiger partial charge on any atom is 0.282 e. The fourth-order valence-corrected chi connectivity index (χ4v) is 4.97. The molecule has 23 heavy (non-hydrogen) atoms. The molecular formula is C15H25N3O4S. The van der Waals surface area contributed by atoms with Gasteiger partial charge in [-0.25, -0.2) is 0 Å². The first-order valence-corrected chi connectivity index (χ1v) is 9.50. The molecule has 2 aliphatic heterocycles. The van der Waals surface area contributed by atoms with Crippen molar-refractivity contribution in [1.82, 2.24) is 13.5 Å². The Morgan fingerprint density at radius 1 is 1.09 bits per heavy atom. The Morgan fingerprint density at radius 3 is 2.30 bits per heavy atom. The Morgan fingerprint density at radius 2 is 1.74 bits per heavy atom. The Kier molecular flexibility index (Phi) is 5.07. The molecule has 7 nitrogen and oxygen atoms in total. The van der Waals surface area contributed by atoms with E-state index in [0.29, 0.717) is 26.2 Å². The molecule has 3 rings (SSSR count). The summed E-state index contributed by atoms with van der Waals surface area (Å²) < 4.78 is 39.8. The molecule has 0 spiro atoms. The van der Waals surface area contributed by atoms with Crippen molar-refractivity contribution in [3.63, 3.8) is 0 Å². The van der Waals surface area contributed by atoms with Crippen LogP contribution in [0.5, 0.6) is 0 Å². The van der Waals surface area contributed by atoms with Crippen molar-refractivity contribution in [1.29, 1.82) is 0 Å². The standard InChI is InChI=1S/C15H25N3O4S/c1-13-10-18(11-14(2)22-13)23(19,20)17-7-5-16(6-8-17)12-15-4-3-9-21-15/h3-4,9,13-14H,5-8,10-12H2,1-2H3/t13-,14-/m1/s1. The van der Waals surface area contributed by atoms with Crippen molar-refractivity contribution in [2.75, 3.05) is 39.3 Å². The Bertz CT molecular complexity index is 586. The highest BCUT2D eigenvalue weighted by Gasteiger charge is 2.36. The Hall–Kier alpha value is -0.930. The van der Waals surface area contributed by atoms with Gasteiger partial charge in [-0.2, -0.15) is 17.0 Å². The van der Waals surface area contributed by atoms with Gasteiger partial charge in [0.15, 0.2) is 0 Å². The number of piperazine rings is 1. The highest BCUT2D eigenvalue weighted by Crippen LogP contribution is 2.19. The lowest BCUT2D eigenvalue weighted by Crippen LogP contribution is -2.56. The summed E-state index contributed by atoms with van der Waals surface area (Å²) in [5, 5.41) is 0. The lowest BCUT2D eigenvalue weighted by Gasteiger charge is -2.40. The van der Waals surface area contributed by atoms with Gasteiger partial charge in [0.1, 0.15) is 5.76 Å². The van der Waals surface area contributed by atoms with Crippen LogP contribution in [0.2, 0.25) is 0 Å². The van der Waals surface area contributed by atoms with E-state index in [1.807, 2.05) is 26.0 Å². The minimum absolute atomic E-state index is 0.0613. The third-order valence-electron chi connectivity index (χ3n) is 4.33. The molecule has 2 aliphatic rings. The van der Waals surface area contributed by atoms with Crippen LogP contribution < -0.4 is 0 Å². The van der Waals surface area contributed by atoms with Crippen LogP contribution in [0.1, 0.15) is 19.6 Å². The predicted molar refractivity (Wildman–Crippen MR) is 86.1 cm³/mol. The van der Waals surface area contributed by atoms with Crippen LogP contribution in [0.4, 0.5) is 0 Å². The molecule has 2 fully saturated rings. The lowest BCUT2D eigenvalue weighted by atomic mass is 10.3. The van der Waals surface area contributed by atoms with Crippen LogP contribution in [0, 0.1) is 0 Å². The summed E-state index contributed by atoms with van der Waals surface area (Å²) in [6, 6.07) is 3.82. The minimum Gasteiger partial charge on any atom is -0.468 e. The van der Waals surface area contributed by atoms with E-state index in [0.717, 1.165) is 25.4 Å². The predicted octanol–water partition coefficient (Wildman–Crippen LogP) is 0.751. The molecule has 2 saturated heterocycles. The zero-order chi connectivity index (χ0) is 16.4. The molecular weight excluding hydrogens is 318 g/mol. The van der Waals surface area contributed by atoms with Crippen molar-refractivity contribution < 1.29 is 17.6 Å². The average molecular weight is 343 g/mol. The maximum atomic E-state index is 12.8. The normalized spacial score (nSPS) is 29.0. The summed E-state index contributed by atoms with van der Waals surface area (Å²) in [7, 11) is -3.40. The highest BCUT2D eigenvalue weighted by atomic mass is 32.2. The van der Waals surface area contributed by atoms with Gasteiger partial charge in [0.25, 0.3) is 10.2 Å². The third-order valence-corrected chi connectivity index (χ3v) is 6.30. The van der Waals surface area contributed by atoms with Crippen LogP contribution in [0.15, 0.2) is 22.8 Å². The average Bonchev–Trinajstić information content (AvgIpc) is 3.00. The van der Waals surface area contributed by atoms with Crippen molar-refractivity contribution in [2.45, 2.75) is 32.6 Å². The number of rotatable bonds is 4. The van der Waals surface area contributed by atoms with Crippen LogP contribution in [0.25, 0.3) is 0 Å². The SMILES string of the molecule is C[C@@H]1CN(S(=O)(=O)N2CCN(Cc3ccco3)CC2)C[C@@H](C)O1. The molecule has 0 amide bonds. The summed E-state index contributed by atoms with van der Waals surface area (Å²) in [6.07, 6.45) is 1.54. The maximum absolute atomic E-state index is 12.8. The second-order valence-electron chi connectivity index (χ2n) is 6.34. The summed E-state index contributed by atoms with van der Waals surface area (Å²) in [6.45, 7) is 7.89. The highest BCUT2D eigenvalue weighted by molar-refractivity contribution is 7.86. The Labute approximate surface area is 138 Å². The largest absolute Gasteiger partial charge is 0.468 e. The number of hydrogen-bond donors (Lipinski definition) is 0. The van der Waals surface area contributed by atoms with Gasteiger partial charge >= 0.3 is 0 Å². The van der Waals surface area contributed by atoms with E-state index < -0.39 is 10.2 Å². The fraction of sp³-hybridized carbons (Fsp3) is 0.733. The number of hydrogen-bond acceptors (Lipinski definition) is 5. The molecule has 0 aromatic carbocycles. The Balaban J connectivity index is 1.57. The smallest absolute Gasteiger partial charge is 0.282 e. The molecule has 0 N–H and O–H groups in total. The van der Waals surface area contributed by atoms with Crippen molar-refractivity contribution in [3.05, 3.63) is 24.2 Å². The topological polar surface area (TPSA) is 66.2 Å². The van der Waals surface area contributed by atoms with E-state index in [1.165, 1.54) is 0 Å². The molecule has 1 aromatic heterocycles. The first-order chi connectivity index (χ1) is 10.9. The first-order valence-electron chi connectivity index (χ1n) is 8.10. The number of nitrogens with zero attached hydrogens (tertiary/aromatic N) is 3. The summed E-state index contributed by atoms with van der Waals surface area (Å²) >= 11 is 0. The van der Waals surface area contributed by atoms with Crippen molar-refractivity contribution >= 4 is 10.2 Å². The number of furan rings is 1. The van der Waals surface area contributed by atoms with Gasteiger partial charge in [-0.1, -0.05) is 0 Å². The van der Waals surface area contributed by atoms with E-state index in [9.17, 15) is 8.42 Å². The van der Waals surface area contributed by atoms with Gasteiger partial charge in [-0.15, -0.1) is 0 Å². The van der Waals surface area contributed by atoms with Crippen LogP contribution >= 0.6 is 0 Å². The van der Waals surface area contributed by atoms with Crippen LogP contribution in [-0.2, 0) is 21.5 Å². The second kappa shape index (κ2) is 6.90. The molecule has 8 heteroatoms. The van der Waals surface area contributed by atoms with Gasteiger partial charge < -0.3 is 9.15 Å². The summed E-state index contributed by atoms with van der Waals surface area (Å²) in [4.78, 5) is 2.22. The van der Waals surface area contributed by atoms with E-state index in [1.54, 1.807) is 14.9 Å². The molecule has 2 atom stereocenters. The molecule has 0 radical (unpaired) electrons. The van der Waals surface area contributed by atoms with E-state index >= 15 is 0 Å². The van der Waals surface area contributed by atoms with Gasteiger partial charge in [0.2, 0.25) is 0 Å². The van der Waals surface area contributed by atoms with Gasteiger partial charge in [0.05, 0.1) is 25.0 Å². The molecule has 0 unspecified atom stereocenters. The zero-order valence-electron chi connectivity index (χ0n) is 13.7. The van der Waals surface area contributed by atoms with Crippen LogP contribution in [-0.4, -0.2) is 73.4 Å². The molecule has 0 saturated carbocycles. The zero-order valence-corrected chi connectivity index (χ0v) is 14.5. The third kappa shape index (κ3) is 3.95. The fourth-order valence-electron chi connectivity index (χ4n) is 3.22. The van der Waals surface area contributed by atoms with Crippen molar-refractivity contribution in [2.24, 2.45) is 0 Å². The van der Waals surface area contributed by atoms with E-state index in [-0.39, 0.29) is 12.2 Å².